The van der Waals surface area contributed by atoms with Gasteiger partial charge in [-0.1, -0.05) is 40.0 Å². The molecule has 4 heteroatoms. The second-order valence-corrected chi connectivity index (χ2v) is 7.21. The number of carbonyl (C=O) groups excluding carboxylic acids is 1. The van der Waals surface area contributed by atoms with E-state index in [0.29, 0.717) is 19.5 Å². The van der Waals surface area contributed by atoms with Crippen molar-refractivity contribution in [3.63, 3.8) is 0 Å². The first-order chi connectivity index (χ1) is 9.32. The fourth-order valence-electron chi connectivity index (χ4n) is 3.83. The van der Waals surface area contributed by atoms with Crippen LogP contribution in [0.25, 0.3) is 0 Å². The zero-order valence-electron chi connectivity index (χ0n) is 12.9. The molecule has 1 saturated carbocycles. The van der Waals surface area contributed by atoms with Gasteiger partial charge in [0.15, 0.2) is 0 Å². The summed E-state index contributed by atoms with van der Waals surface area (Å²) < 4.78 is 0. The highest BCUT2D eigenvalue weighted by Gasteiger charge is 2.50. The van der Waals surface area contributed by atoms with Crippen molar-refractivity contribution in [1.29, 1.82) is 0 Å². The molecule has 1 saturated heterocycles. The minimum Gasteiger partial charge on any atom is -0.481 e. The Balaban J connectivity index is 2.12. The topological polar surface area (TPSA) is 57.6 Å². The van der Waals surface area contributed by atoms with Crippen LogP contribution < -0.4 is 0 Å². The second kappa shape index (κ2) is 5.38. The van der Waals surface area contributed by atoms with Crippen LogP contribution in [-0.4, -0.2) is 35.0 Å². The van der Waals surface area contributed by atoms with E-state index in [0.717, 1.165) is 25.7 Å². The van der Waals surface area contributed by atoms with Crippen molar-refractivity contribution in [2.75, 3.05) is 13.1 Å². The summed E-state index contributed by atoms with van der Waals surface area (Å²) in [6, 6.07) is 0. The maximum atomic E-state index is 12.8. The second-order valence-electron chi connectivity index (χ2n) is 7.21. The van der Waals surface area contributed by atoms with E-state index in [1.807, 2.05) is 18.7 Å². The Labute approximate surface area is 121 Å². The van der Waals surface area contributed by atoms with Gasteiger partial charge in [-0.25, -0.2) is 0 Å². The van der Waals surface area contributed by atoms with Gasteiger partial charge in [0.2, 0.25) is 5.91 Å². The van der Waals surface area contributed by atoms with Crippen LogP contribution in [0.1, 0.15) is 59.3 Å². The Morgan fingerprint density at radius 3 is 2.15 bits per heavy atom. The molecule has 114 valence electrons. The highest BCUT2D eigenvalue weighted by atomic mass is 16.4. The van der Waals surface area contributed by atoms with Crippen molar-refractivity contribution >= 4 is 11.9 Å². The van der Waals surface area contributed by atoms with Crippen LogP contribution in [0.2, 0.25) is 0 Å². The highest BCUT2D eigenvalue weighted by Crippen LogP contribution is 2.43. The molecule has 2 fully saturated rings. The molecule has 1 N–H and O–H groups in total. The van der Waals surface area contributed by atoms with Crippen molar-refractivity contribution in [3.8, 4) is 0 Å². The van der Waals surface area contributed by atoms with E-state index >= 15 is 0 Å². The SMILES string of the molecule is CC(C)C1(C(=O)O)CCN(C(=O)C2(C)CCCCC2)C1. The quantitative estimate of drug-likeness (QED) is 0.865. The molecular formula is C16H27NO3. The lowest BCUT2D eigenvalue weighted by Crippen LogP contribution is -2.45. The number of likely N-dealkylation sites (tertiary alicyclic amines) is 1. The molecule has 0 aromatic carbocycles. The maximum absolute atomic E-state index is 12.8. The lowest BCUT2D eigenvalue weighted by atomic mass is 9.74. The fraction of sp³-hybridized carbons (Fsp3) is 0.875. The number of carboxylic acid groups (broad SMARTS) is 1. The molecule has 4 nitrogen and oxygen atoms in total. The number of nitrogens with zero attached hydrogens (tertiary/aromatic N) is 1. The minimum absolute atomic E-state index is 0.0527. The lowest BCUT2D eigenvalue weighted by Gasteiger charge is -2.36. The van der Waals surface area contributed by atoms with Gasteiger partial charge in [-0.2, -0.15) is 0 Å². The summed E-state index contributed by atoms with van der Waals surface area (Å²) in [5.74, 6) is -0.519. The number of amides is 1. The predicted molar refractivity (Wildman–Crippen MR) is 77.3 cm³/mol. The first-order valence-electron chi connectivity index (χ1n) is 7.85. The molecule has 1 unspecified atom stereocenters. The van der Waals surface area contributed by atoms with Crippen LogP contribution in [0.15, 0.2) is 0 Å². The molecule has 0 radical (unpaired) electrons. The normalized spacial score (nSPS) is 29.7. The molecule has 0 aromatic rings. The Bertz CT molecular complexity index is 399. The number of carboxylic acids is 1. The summed E-state index contributed by atoms with van der Waals surface area (Å²) in [6.45, 7) is 6.94. The van der Waals surface area contributed by atoms with E-state index in [1.54, 1.807) is 0 Å². The lowest BCUT2D eigenvalue weighted by molar-refractivity contribution is -0.152. The zero-order valence-corrected chi connectivity index (χ0v) is 12.9. The molecule has 20 heavy (non-hydrogen) atoms. The minimum atomic E-state index is -0.753. The smallest absolute Gasteiger partial charge is 0.311 e. The Hall–Kier alpha value is -1.06. The largest absolute Gasteiger partial charge is 0.481 e. The molecule has 1 aliphatic carbocycles. The molecule has 1 aliphatic heterocycles. The van der Waals surface area contributed by atoms with E-state index in [4.69, 9.17) is 0 Å². The number of rotatable bonds is 3. The summed E-state index contributed by atoms with van der Waals surface area (Å²) in [6.07, 6.45) is 5.93. The molecule has 1 heterocycles. The van der Waals surface area contributed by atoms with Gasteiger partial charge in [0.25, 0.3) is 0 Å². The van der Waals surface area contributed by atoms with Gasteiger partial charge in [-0.15, -0.1) is 0 Å². The average molecular weight is 281 g/mol. The van der Waals surface area contributed by atoms with Gasteiger partial charge in [-0.3, -0.25) is 9.59 Å². The zero-order chi connectivity index (χ0) is 15.0. The Morgan fingerprint density at radius 1 is 1.10 bits per heavy atom. The van der Waals surface area contributed by atoms with Gasteiger partial charge in [0.1, 0.15) is 0 Å². The van der Waals surface area contributed by atoms with E-state index in [2.05, 4.69) is 6.92 Å². The molecule has 0 spiro atoms. The van der Waals surface area contributed by atoms with Gasteiger partial charge >= 0.3 is 5.97 Å². The van der Waals surface area contributed by atoms with Crippen molar-refractivity contribution in [1.82, 2.24) is 4.90 Å². The van der Waals surface area contributed by atoms with E-state index in [-0.39, 0.29) is 17.2 Å². The fourth-order valence-corrected chi connectivity index (χ4v) is 3.83. The van der Waals surface area contributed by atoms with Crippen LogP contribution in [-0.2, 0) is 9.59 Å². The first-order valence-corrected chi connectivity index (χ1v) is 7.85. The molecule has 1 atom stereocenters. The number of carbonyl (C=O) groups is 2. The molecular weight excluding hydrogens is 254 g/mol. The maximum Gasteiger partial charge on any atom is 0.311 e. The molecule has 2 rings (SSSR count). The number of aliphatic carboxylic acids is 1. The van der Waals surface area contributed by atoms with Crippen LogP contribution in [0, 0.1) is 16.7 Å². The van der Waals surface area contributed by atoms with E-state index < -0.39 is 11.4 Å². The molecule has 1 amide bonds. The average Bonchev–Trinajstić information content (AvgIpc) is 2.85. The van der Waals surface area contributed by atoms with Crippen molar-refractivity contribution < 1.29 is 14.7 Å². The molecule has 0 bridgehead atoms. The molecule has 2 aliphatic rings. The van der Waals surface area contributed by atoms with Gasteiger partial charge in [-0.05, 0) is 25.2 Å². The van der Waals surface area contributed by atoms with Crippen LogP contribution in [0.5, 0.6) is 0 Å². The highest BCUT2D eigenvalue weighted by molar-refractivity contribution is 5.84. The Morgan fingerprint density at radius 2 is 1.70 bits per heavy atom. The van der Waals surface area contributed by atoms with Crippen LogP contribution in [0.3, 0.4) is 0 Å². The summed E-state index contributed by atoms with van der Waals surface area (Å²) in [5.41, 5.74) is -1.01. The van der Waals surface area contributed by atoms with E-state index in [1.165, 1.54) is 6.42 Å². The van der Waals surface area contributed by atoms with Crippen molar-refractivity contribution in [3.05, 3.63) is 0 Å². The third kappa shape index (κ3) is 2.45. The third-order valence-electron chi connectivity index (χ3n) is 5.59. The third-order valence-corrected chi connectivity index (χ3v) is 5.59. The predicted octanol–water partition coefficient (Wildman–Crippen LogP) is 2.92. The summed E-state index contributed by atoms with van der Waals surface area (Å²) >= 11 is 0. The van der Waals surface area contributed by atoms with Gasteiger partial charge in [0, 0.05) is 18.5 Å². The summed E-state index contributed by atoms with van der Waals surface area (Å²) in [4.78, 5) is 26.3. The summed E-state index contributed by atoms with van der Waals surface area (Å²) in [5, 5.41) is 9.57. The van der Waals surface area contributed by atoms with Crippen LogP contribution in [0.4, 0.5) is 0 Å². The van der Waals surface area contributed by atoms with Crippen molar-refractivity contribution in [2.45, 2.75) is 59.3 Å². The van der Waals surface area contributed by atoms with Crippen molar-refractivity contribution in [2.24, 2.45) is 16.7 Å². The standard InChI is InChI=1S/C16H27NO3/c1-12(2)16(14(19)20)9-10-17(11-16)13(18)15(3)7-5-4-6-8-15/h12H,4-11H2,1-3H3,(H,19,20). The number of hydrogen-bond acceptors (Lipinski definition) is 2. The first kappa shape index (κ1) is 15.3. The van der Waals surface area contributed by atoms with Gasteiger partial charge < -0.3 is 10.0 Å². The Kier molecular flexibility index (Phi) is 4.12. The number of hydrogen-bond donors (Lipinski definition) is 1. The summed E-state index contributed by atoms with van der Waals surface area (Å²) in [7, 11) is 0. The van der Waals surface area contributed by atoms with Crippen LogP contribution >= 0.6 is 0 Å². The monoisotopic (exact) mass is 281 g/mol. The molecule has 0 aromatic heterocycles. The van der Waals surface area contributed by atoms with Gasteiger partial charge in [0.05, 0.1) is 5.41 Å². The van der Waals surface area contributed by atoms with E-state index in [9.17, 15) is 14.7 Å².